The van der Waals surface area contributed by atoms with Crippen molar-refractivity contribution in [1.82, 2.24) is 10.2 Å². The fourth-order valence-electron chi connectivity index (χ4n) is 3.29. The van der Waals surface area contributed by atoms with Crippen molar-refractivity contribution in [2.75, 3.05) is 13.2 Å². The van der Waals surface area contributed by atoms with Crippen LogP contribution >= 0.6 is 11.6 Å². The first kappa shape index (κ1) is 20.7. The first-order chi connectivity index (χ1) is 13.9. The van der Waals surface area contributed by atoms with Gasteiger partial charge in [0.2, 0.25) is 0 Å². The second-order valence-electron chi connectivity index (χ2n) is 6.81. The van der Waals surface area contributed by atoms with Gasteiger partial charge < -0.3 is 20.7 Å². The summed E-state index contributed by atoms with van der Waals surface area (Å²) in [5.74, 6) is -0.858. The summed E-state index contributed by atoms with van der Waals surface area (Å²) in [7, 11) is 0. The van der Waals surface area contributed by atoms with E-state index < -0.39 is 18.0 Å². The summed E-state index contributed by atoms with van der Waals surface area (Å²) in [6.45, 7) is 0.748. The number of ether oxygens (including phenoxy) is 1. The number of hydrogen-bond donors (Lipinski definition) is 2. The number of primary amides is 1. The van der Waals surface area contributed by atoms with Crippen molar-refractivity contribution in [2.45, 2.75) is 25.4 Å². The molecule has 29 heavy (non-hydrogen) atoms. The van der Waals surface area contributed by atoms with E-state index in [1.165, 1.54) is 5.56 Å². The Hall–Kier alpha value is -3.06. The number of nitrogens with zero attached hydrogens (tertiary/aromatic N) is 1. The van der Waals surface area contributed by atoms with Crippen LogP contribution < -0.4 is 11.1 Å². The zero-order valence-electron chi connectivity index (χ0n) is 15.8. The molecule has 0 aliphatic carbocycles. The van der Waals surface area contributed by atoms with Crippen molar-refractivity contribution in [3.05, 3.63) is 70.2 Å². The molecule has 0 aromatic heterocycles. The number of hydrogen-bond acceptors (Lipinski definition) is 4. The number of nitrogens with two attached hydrogens (primary N) is 1. The van der Waals surface area contributed by atoms with Crippen molar-refractivity contribution in [3.8, 4) is 0 Å². The van der Waals surface area contributed by atoms with Gasteiger partial charge in [0.1, 0.15) is 0 Å². The minimum atomic E-state index is -0.763. The number of fused-ring (bicyclic) bond motifs is 1. The lowest BCUT2D eigenvalue weighted by Crippen LogP contribution is -2.39. The normalized spacial score (nSPS) is 13.9. The van der Waals surface area contributed by atoms with Crippen LogP contribution in [-0.4, -0.2) is 36.0 Å². The third kappa shape index (κ3) is 5.71. The zero-order chi connectivity index (χ0) is 20.8. The minimum absolute atomic E-state index is 0.152. The van der Waals surface area contributed by atoms with Crippen molar-refractivity contribution in [3.63, 3.8) is 0 Å². The average Bonchev–Trinajstić information content (AvgIpc) is 2.71. The molecular formula is C21H22ClN3O4. The number of benzene rings is 2. The molecule has 0 fully saturated rings. The number of carbonyl (C=O) groups is 3. The summed E-state index contributed by atoms with van der Waals surface area (Å²) in [4.78, 5) is 37.6. The molecular weight excluding hydrogens is 394 g/mol. The van der Waals surface area contributed by atoms with Gasteiger partial charge in [-0.15, -0.1) is 0 Å². The summed E-state index contributed by atoms with van der Waals surface area (Å²) in [5.41, 5.74) is 8.20. The Labute approximate surface area is 173 Å². The molecule has 0 radical (unpaired) electrons. The second-order valence-corrected chi connectivity index (χ2v) is 7.25. The molecule has 2 aromatic carbocycles. The van der Waals surface area contributed by atoms with Crippen LogP contribution in [0.5, 0.6) is 0 Å². The molecule has 3 rings (SSSR count). The van der Waals surface area contributed by atoms with Crippen LogP contribution in [0.3, 0.4) is 0 Å². The van der Waals surface area contributed by atoms with Gasteiger partial charge in [0.05, 0.1) is 12.5 Å². The van der Waals surface area contributed by atoms with Crippen LogP contribution in [0.25, 0.3) is 0 Å². The fraction of sp³-hybridized carbons (Fsp3) is 0.286. The third-order valence-corrected chi connectivity index (χ3v) is 5.05. The molecule has 0 saturated heterocycles. The molecule has 1 atom stereocenters. The van der Waals surface area contributed by atoms with E-state index in [-0.39, 0.29) is 18.9 Å². The van der Waals surface area contributed by atoms with Gasteiger partial charge in [0, 0.05) is 18.1 Å². The van der Waals surface area contributed by atoms with E-state index in [1.54, 1.807) is 29.2 Å². The number of carbonyl (C=O) groups excluding carboxylic acids is 3. The standard InChI is InChI=1S/C21H22ClN3O4/c22-17-7-5-15(6-8-17)18(24-21(23)28)11-20(27)29-13-19(26)25-10-9-14-3-1-2-4-16(14)12-25/h1-8,18H,9-13H2,(H3,23,24,28). The number of esters is 1. The van der Waals surface area contributed by atoms with Gasteiger partial charge in [-0.05, 0) is 35.2 Å². The molecule has 152 valence electrons. The molecule has 0 bridgehead atoms. The van der Waals surface area contributed by atoms with Gasteiger partial charge in [-0.25, -0.2) is 4.79 Å². The fourth-order valence-corrected chi connectivity index (χ4v) is 3.41. The van der Waals surface area contributed by atoms with Gasteiger partial charge in [0.15, 0.2) is 6.61 Å². The minimum Gasteiger partial charge on any atom is -0.455 e. The molecule has 1 unspecified atom stereocenters. The van der Waals surface area contributed by atoms with Crippen molar-refractivity contribution >= 4 is 29.5 Å². The van der Waals surface area contributed by atoms with Crippen LogP contribution in [-0.2, 0) is 27.3 Å². The molecule has 1 aliphatic heterocycles. The lowest BCUT2D eigenvalue weighted by Gasteiger charge is -2.28. The van der Waals surface area contributed by atoms with Gasteiger partial charge in [-0.3, -0.25) is 9.59 Å². The lowest BCUT2D eigenvalue weighted by atomic mass is 10.00. The number of amides is 3. The zero-order valence-corrected chi connectivity index (χ0v) is 16.5. The smallest absolute Gasteiger partial charge is 0.312 e. The average molecular weight is 416 g/mol. The van der Waals surface area contributed by atoms with Gasteiger partial charge in [-0.2, -0.15) is 0 Å². The number of halogens is 1. The molecule has 0 saturated carbocycles. The number of urea groups is 1. The predicted molar refractivity (Wildman–Crippen MR) is 108 cm³/mol. The van der Waals surface area contributed by atoms with Gasteiger partial charge >= 0.3 is 12.0 Å². The largest absolute Gasteiger partial charge is 0.455 e. The molecule has 7 nitrogen and oxygen atoms in total. The molecule has 8 heteroatoms. The van der Waals surface area contributed by atoms with E-state index in [0.717, 1.165) is 12.0 Å². The second kappa shape index (κ2) is 9.43. The maximum atomic E-state index is 12.4. The third-order valence-electron chi connectivity index (χ3n) is 4.80. The van der Waals surface area contributed by atoms with E-state index in [1.807, 2.05) is 18.2 Å². The summed E-state index contributed by atoms with van der Waals surface area (Å²) < 4.78 is 5.15. The quantitative estimate of drug-likeness (QED) is 0.708. The van der Waals surface area contributed by atoms with E-state index >= 15 is 0 Å². The number of rotatable bonds is 6. The van der Waals surface area contributed by atoms with Crippen LogP contribution in [0, 0.1) is 0 Å². The van der Waals surface area contributed by atoms with Crippen LogP contribution in [0.1, 0.15) is 29.2 Å². The Bertz CT molecular complexity index is 901. The monoisotopic (exact) mass is 415 g/mol. The highest BCUT2D eigenvalue weighted by atomic mass is 35.5. The molecule has 3 N–H and O–H groups in total. The molecule has 2 aromatic rings. The maximum absolute atomic E-state index is 12.4. The topological polar surface area (TPSA) is 102 Å². The molecule has 0 spiro atoms. The highest BCUT2D eigenvalue weighted by Crippen LogP contribution is 2.21. The van der Waals surface area contributed by atoms with Crippen molar-refractivity contribution < 1.29 is 19.1 Å². The van der Waals surface area contributed by atoms with Gasteiger partial charge in [0.25, 0.3) is 5.91 Å². The summed E-state index contributed by atoms with van der Waals surface area (Å²) >= 11 is 5.87. The SMILES string of the molecule is NC(=O)NC(CC(=O)OCC(=O)N1CCc2ccccc2C1)c1ccc(Cl)cc1. The van der Waals surface area contributed by atoms with E-state index in [0.29, 0.717) is 23.7 Å². The highest BCUT2D eigenvalue weighted by molar-refractivity contribution is 6.30. The summed E-state index contributed by atoms with van der Waals surface area (Å²) in [5, 5.41) is 3.04. The van der Waals surface area contributed by atoms with Gasteiger partial charge in [-0.1, -0.05) is 48.0 Å². The highest BCUT2D eigenvalue weighted by Gasteiger charge is 2.23. The lowest BCUT2D eigenvalue weighted by molar-refractivity contribution is -0.152. The summed E-state index contributed by atoms with van der Waals surface area (Å²) in [6.07, 6.45) is 0.623. The first-order valence-corrected chi connectivity index (χ1v) is 9.62. The van der Waals surface area contributed by atoms with Crippen molar-refractivity contribution in [2.24, 2.45) is 5.73 Å². The molecule has 1 aliphatic rings. The Morgan fingerprint density at radius 3 is 2.48 bits per heavy atom. The van der Waals surface area contributed by atoms with E-state index in [4.69, 9.17) is 22.1 Å². The van der Waals surface area contributed by atoms with Crippen molar-refractivity contribution in [1.29, 1.82) is 0 Å². The molecule has 1 heterocycles. The molecule has 3 amide bonds. The predicted octanol–water partition coefficient (Wildman–Crippen LogP) is 2.57. The number of nitrogens with one attached hydrogen (secondary N) is 1. The Morgan fingerprint density at radius 2 is 1.79 bits per heavy atom. The first-order valence-electron chi connectivity index (χ1n) is 9.24. The Balaban J connectivity index is 1.54. The van der Waals surface area contributed by atoms with Crippen LogP contribution in [0.2, 0.25) is 5.02 Å². The van der Waals surface area contributed by atoms with Crippen LogP contribution in [0.4, 0.5) is 4.79 Å². The van der Waals surface area contributed by atoms with E-state index in [2.05, 4.69) is 11.4 Å². The maximum Gasteiger partial charge on any atom is 0.312 e. The summed E-state index contributed by atoms with van der Waals surface area (Å²) in [6, 6.07) is 13.2. The van der Waals surface area contributed by atoms with E-state index in [9.17, 15) is 14.4 Å². The Morgan fingerprint density at radius 1 is 1.10 bits per heavy atom. The Kier molecular flexibility index (Phi) is 6.72. The van der Waals surface area contributed by atoms with Crippen LogP contribution in [0.15, 0.2) is 48.5 Å².